The number of ether oxygens (including phenoxy) is 2. The topological polar surface area (TPSA) is 160 Å². The van der Waals surface area contributed by atoms with Gasteiger partial charge in [-0.25, -0.2) is 18.4 Å². The van der Waals surface area contributed by atoms with Crippen molar-refractivity contribution in [2.45, 2.75) is 83.8 Å². The van der Waals surface area contributed by atoms with Crippen LogP contribution in [0, 0.1) is 24.5 Å². The Balaban J connectivity index is 0.835. The zero-order chi connectivity index (χ0) is 42.1. The summed E-state index contributed by atoms with van der Waals surface area (Å²) in [6, 6.07) is 12.1. The Bertz CT molecular complexity index is 2380. The first-order valence-corrected chi connectivity index (χ1v) is 20.9. The predicted octanol–water partition coefficient (Wildman–Crippen LogP) is 6.65. The molecule has 0 radical (unpaired) electrons. The summed E-state index contributed by atoms with van der Waals surface area (Å²) in [7, 11) is 1.83. The van der Waals surface area contributed by atoms with Crippen molar-refractivity contribution < 1.29 is 32.6 Å². The van der Waals surface area contributed by atoms with E-state index in [1.165, 1.54) is 0 Å². The zero-order valence-corrected chi connectivity index (χ0v) is 34.4. The number of aromatic amines is 1. The van der Waals surface area contributed by atoms with Crippen molar-refractivity contribution in [2.24, 2.45) is 13.0 Å². The number of hydrogen-bond donors (Lipinski definition) is 3. The Morgan fingerprint density at radius 1 is 1.03 bits per heavy atom. The summed E-state index contributed by atoms with van der Waals surface area (Å²) < 4.78 is 43.8. The second kappa shape index (κ2) is 17.4. The van der Waals surface area contributed by atoms with Gasteiger partial charge >= 0.3 is 0 Å². The van der Waals surface area contributed by atoms with Gasteiger partial charge in [0.25, 0.3) is 5.91 Å². The first-order valence-electron chi connectivity index (χ1n) is 20.9. The molecule has 8 rings (SSSR count). The molecule has 2 saturated heterocycles. The van der Waals surface area contributed by atoms with Crippen LogP contribution in [0.5, 0.6) is 11.6 Å². The number of carbonyl (C=O) groups excluding carboxylic acids is 3. The molecule has 2 atom stereocenters. The number of anilines is 2. The van der Waals surface area contributed by atoms with Crippen LogP contribution in [0.1, 0.15) is 86.3 Å². The number of imidazole rings is 1. The molecule has 1 saturated carbocycles. The lowest BCUT2D eigenvalue weighted by Gasteiger charge is -2.46. The molecule has 2 aromatic carbocycles. The summed E-state index contributed by atoms with van der Waals surface area (Å²) in [5, 5.41) is 9.49. The molecule has 5 aromatic rings. The van der Waals surface area contributed by atoms with Gasteiger partial charge in [0, 0.05) is 93.2 Å². The lowest BCUT2D eigenvalue weighted by molar-refractivity contribution is -0.134. The number of halogens is 2. The molecule has 16 heteroatoms. The van der Waals surface area contributed by atoms with Crippen LogP contribution in [0.2, 0.25) is 0 Å². The van der Waals surface area contributed by atoms with Crippen molar-refractivity contribution >= 4 is 40.4 Å². The maximum absolute atomic E-state index is 15.0. The van der Waals surface area contributed by atoms with Gasteiger partial charge < -0.3 is 19.4 Å². The molecule has 3 fully saturated rings. The lowest BCUT2D eigenvalue weighted by atomic mass is 9.87. The summed E-state index contributed by atoms with van der Waals surface area (Å²) in [5.74, 6) is -2.48. The fourth-order valence-corrected chi connectivity index (χ4v) is 8.35. The van der Waals surface area contributed by atoms with E-state index >= 15 is 0 Å². The highest BCUT2D eigenvalue weighted by atomic mass is 19.1. The summed E-state index contributed by atoms with van der Waals surface area (Å²) in [6.45, 7) is 10.2. The Kier molecular flexibility index (Phi) is 11.8. The highest BCUT2D eigenvalue weighted by Crippen LogP contribution is 2.36. The largest absolute Gasteiger partial charge is 0.490 e. The quantitative estimate of drug-likeness (QED) is 0.0818. The van der Waals surface area contributed by atoms with Gasteiger partial charge in [0.1, 0.15) is 23.5 Å². The van der Waals surface area contributed by atoms with E-state index in [4.69, 9.17) is 14.5 Å². The third kappa shape index (κ3) is 8.83. The van der Waals surface area contributed by atoms with Crippen molar-refractivity contribution in [1.29, 1.82) is 0 Å². The molecule has 3 amide bonds. The molecule has 2 aliphatic heterocycles. The van der Waals surface area contributed by atoms with Crippen LogP contribution in [-0.4, -0.2) is 92.3 Å². The maximum atomic E-state index is 15.0. The number of piperazine rings is 1. The van der Waals surface area contributed by atoms with Gasteiger partial charge in [0.2, 0.25) is 23.6 Å². The van der Waals surface area contributed by atoms with Gasteiger partial charge in [-0.2, -0.15) is 5.10 Å². The van der Waals surface area contributed by atoms with Gasteiger partial charge in [-0.15, -0.1) is 0 Å². The van der Waals surface area contributed by atoms with E-state index in [1.807, 2.05) is 32.2 Å². The van der Waals surface area contributed by atoms with Crippen LogP contribution in [-0.2, 0) is 16.6 Å². The average Bonchev–Trinajstić information content (AvgIpc) is 3.79. The number of imide groups is 1. The molecule has 316 valence electrons. The minimum absolute atomic E-state index is 0.0350. The molecular formula is C44H51F2N9O5. The average molecular weight is 824 g/mol. The number of carbonyl (C=O) groups is 3. The third-order valence-corrected chi connectivity index (χ3v) is 12.1. The number of piperidine rings is 1. The summed E-state index contributed by atoms with van der Waals surface area (Å²) >= 11 is 0. The molecule has 3 aliphatic rings. The van der Waals surface area contributed by atoms with Crippen molar-refractivity contribution in [1.82, 2.24) is 34.9 Å². The minimum Gasteiger partial charge on any atom is -0.490 e. The van der Waals surface area contributed by atoms with Gasteiger partial charge in [0.15, 0.2) is 0 Å². The summed E-state index contributed by atoms with van der Waals surface area (Å²) in [4.78, 5) is 54.6. The molecule has 0 spiro atoms. The number of amides is 3. The Morgan fingerprint density at radius 2 is 1.80 bits per heavy atom. The van der Waals surface area contributed by atoms with Crippen LogP contribution < -0.4 is 25.0 Å². The number of aryl methyl sites for hydroxylation is 2. The number of nitrogens with zero attached hydrogens (tertiary/aromatic N) is 6. The third-order valence-electron chi connectivity index (χ3n) is 12.1. The first kappa shape index (κ1) is 40.9. The molecule has 14 nitrogen and oxygen atoms in total. The van der Waals surface area contributed by atoms with E-state index in [0.29, 0.717) is 47.3 Å². The van der Waals surface area contributed by atoms with E-state index < -0.39 is 29.4 Å². The SMILES string of the molecule is CC[C@H](C)CCCOc1c(-c2cc(C(=O)Nc3nc4ccc(N5CCN(C6CC(Oc7cc(F)c([C@H]8CCC(=O)NC8=O)c(F)c7)C6)CC5)cc4[nH]3)cc(C)n2)cnn1C. The van der Waals surface area contributed by atoms with Crippen molar-refractivity contribution in [3.05, 3.63) is 77.1 Å². The molecule has 3 aromatic heterocycles. The summed E-state index contributed by atoms with van der Waals surface area (Å²) in [6.07, 6.45) is 6.29. The lowest BCUT2D eigenvalue weighted by Crippen LogP contribution is -2.56. The number of nitrogens with one attached hydrogen (secondary N) is 3. The first-order chi connectivity index (χ1) is 28.9. The number of aromatic nitrogens is 5. The van der Waals surface area contributed by atoms with Crippen molar-refractivity contribution in [3.63, 3.8) is 0 Å². The van der Waals surface area contributed by atoms with Crippen LogP contribution in [0.15, 0.2) is 48.7 Å². The van der Waals surface area contributed by atoms with E-state index in [2.05, 4.69) is 49.3 Å². The van der Waals surface area contributed by atoms with E-state index in [0.717, 1.165) is 92.7 Å². The fourth-order valence-electron chi connectivity index (χ4n) is 8.35. The van der Waals surface area contributed by atoms with E-state index in [-0.39, 0.29) is 36.2 Å². The number of pyridine rings is 1. The molecular weight excluding hydrogens is 773 g/mol. The smallest absolute Gasteiger partial charge is 0.258 e. The second-order valence-corrected chi connectivity index (χ2v) is 16.3. The number of rotatable bonds is 14. The van der Waals surface area contributed by atoms with Gasteiger partial charge in [0.05, 0.1) is 41.0 Å². The Labute approximate surface area is 347 Å². The van der Waals surface area contributed by atoms with Crippen LogP contribution in [0.25, 0.3) is 22.3 Å². The molecule has 0 bridgehead atoms. The standard InChI is InChI=1S/C44H51F2N9O5/c1-5-25(2)7-6-16-59-43-33(24-47-53(43)4)37-18-27(17-26(3)48-37)41(57)52-44-49-36-10-8-28(21-38(36)50-44)54-12-14-55(15-13-54)29-19-30(20-29)60-31-22-34(45)40(35(46)23-31)32-9-11-39(56)51-42(32)58/h8,10,17-18,21-25,29-30,32H,5-7,9,11-16,19-20H2,1-4H3,(H,51,56,58)(H2,49,50,52,57)/t25-,29?,30?,32+/m0/s1. The van der Waals surface area contributed by atoms with E-state index in [9.17, 15) is 23.2 Å². The van der Waals surface area contributed by atoms with E-state index in [1.54, 1.807) is 23.0 Å². The molecule has 3 N–H and O–H groups in total. The predicted molar refractivity (Wildman–Crippen MR) is 222 cm³/mol. The molecule has 0 unspecified atom stereocenters. The van der Waals surface area contributed by atoms with Crippen molar-refractivity contribution in [3.8, 4) is 22.9 Å². The Morgan fingerprint density at radius 3 is 2.53 bits per heavy atom. The highest BCUT2D eigenvalue weighted by Gasteiger charge is 2.38. The summed E-state index contributed by atoms with van der Waals surface area (Å²) in [5.41, 5.74) is 4.72. The second-order valence-electron chi connectivity index (χ2n) is 16.3. The molecule has 60 heavy (non-hydrogen) atoms. The molecule has 5 heterocycles. The molecule has 1 aliphatic carbocycles. The fraction of sp³-hybridized carbons (Fsp3) is 0.455. The monoisotopic (exact) mass is 823 g/mol. The number of hydrogen-bond acceptors (Lipinski definition) is 10. The number of fused-ring (bicyclic) bond motifs is 1. The highest BCUT2D eigenvalue weighted by molar-refractivity contribution is 6.05. The van der Waals surface area contributed by atoms with Crippen LogP contribution >= 0.6 is 0 Å². The van der Waals surface area contributed by atoms with Crippen LogP contribution in [0.3, 0.4) is 0 Å². The maximum Gasteiger partial charge on any atom is 0.258 e. The number of benzene rings is 2. The Hall–Kier alpha value is -5.90. The van der Waals surface area contributed by atoms with Gasteiger partial charge in [-0.3, -0.25) is 34.9 Å². The zero-order valence-electron chi connectivity index (χ0n) is 34.4. The van der Waals surface area contributed by atoms with Crippen LogP contribution in [0.4, 0.5) is 20.4 Å². The number of H-pyrrole nitrogens is 1. The minimum atomic E-state index is -1.05. The normalized spacial score (nSPS) is 20.2. The van der Waals surface area contributed by atoms with Gasteiger partial charge in [-0.05, 0) is 62.4 Å². The van der Waals surface area contributed by atoms with Gasteiger partial charge in [-0.1, -0.05) is 20.3 Å². The van der Waals surface area contributed by atoms with Crippen molar-refractivity contribution in [2.75, 3.05) is 43.0 Å².